The maximum atomic E-state index is 13.1. The number of nitrogens with one attached hydrogen (secondary N) is 2. The fraction of sp³-hybridized carbons (Fsp3) is 0.750. The van der Waals surface area contributed by atoms with Gasteiger partial charge in [0.25, 0.3) is 5.79 Å². The van der Waals surface area contributed by atoms with E-state index in [0.717, 1.165) is 16.8 Å². The lowest BCUT2D eigenvalue weighted by Gasteiger charge is -2.46. The third kappa shape index (κ3) is 12.7. The molecule has 0 radical (unpaired) electrons. The van der Waals surface area contributed by atoms with E-state index in [1.165, 1.54) is 0 Å². The summed E-state index contributed by atoms with van der Waals surface area (Å²) in [5.74, 6) is -8.21. The summed E-state index contributed by atoms with van der Waals surface area (Å²) in [5, 5.41) is 107. The number of phosphoric ester groups is 2. The number of aliphatic carboxylic acids is 1. The first-order chi connectivity index (χ1) is 28.3. The molecule has 0 aliphatic carbocycles. The molecule has 1 aromatic heterocycles. The molecule has 3 saturated heterocycles. The number of carboxylic acid groups (broad SMARTS) is 1. The first kappa shape index (κ1) is 50.4. The number of carboxylic acids is 1. The van der Waals surface area contributed by atoms with Crippen LogP contribution >= 0.6 is 15.6 Å². The van der Waals surface area contributed by atoms with Crippen molar-refractivity contribution in [3.63, 3.8) is 0 Å². The van der Waals surface area contributed by atoms with E-state index in [9.17, 15) is 84.3 Å². The minimum atomic E-state index is -5.73. The summed E-state index contributed by atoms with van der Waals surface area (Å²) < 4.78 is 59.5. The summed E-state index contributed by atoms with van der Waals surface area (Å²) in [7, 11) is -10.8. The van der Waals surface area contributed by atoms with Gasteiger partial charge in [0.1, 0.15) is 73.5 Å². The maximum Gasteiger partial charge on any atom is 0.475 e. The molecule has 61 heavy (non-hydrogen) atoms. The highest BCUT2D eigenvalue weighted by Gasteiger charge is 2.59. The van der Waals surface area contributed by atoms with Crippen molar-refractivity contribution in [1.29, 1.82) is 0 Å². The van der Waals surface area contributed by atoms with Crippen LogP contribution in [0.5, 0.6) is 0 Å². The van der Waals surface area contributed by atoms with Crippen LogP contribution in [0.4, 0.5) is 5.82 Å². The van der Waals surface area contributed by atoms with Crippen LogP contribution in [-0.2, 0) is 56.0 Å². The van der Waals surface area contributed by atoms with E-state index in [2.05, 4.69) is 14.8 Å². The minimum Gasteiger partial charge on any atom is -0.477 e. The third-order valence-corrected chi connectivity index (χ3v) is 10.7. The van der Waals surface area contributed by atoms with Crippen molar-refractivity contribution in [2.45, 2.75) is 97.9 Å². The zero-order valence-corrected chi connectivity index (χ0v) is 32.8. The zero-order valence-electron chi connectivity index (χ0n) is 31.0. The molecule has 1 aromatic rings. The van der Waals surface area contributed by atoms with Gasteiger partial charge in [-0.1, -0.05) is 0 Å². The molecule has 4 heterocycles. The molecule has 0 bridgehead atoms. The van der Waals surface area contributed by atoms with E-state index in [1.807, 2.05) is 5.32 Å². The number of carbonyl (C=O) groups is 3. The van der Waals surface area contributed by atoms with Gasteiger partial charge in [-0.3, -0.25) is 23.2 Å². The number of nitrogens with two attached hydrogens (primary N) is 1. The lowest BCUT2D eigenvalue weighted by Crippen LogP contribution is -2.68. The van der Waals surface area contributed by atoms with Crippen LogP contribution < -0.4 is 22.1 Å². The molecule has 0 spiro atoms. The molecule has 33 heteroatoms. The number of aromatic nitrogens is 2. The smallest absolute Gasteiger partial charge is 0.475 e. The van der Waals surface area contributed by atoms with Crippen LogP contribution in [0.25, 0.3) is 0 Å². The molecule has 2 amide bonds. The molecule has 0 saturated carbocycles. The predicted octanol–water partition coefficient (Wildman–Crippen LogP) is -9.24. The third-order valence-electron chi connectivity index (χ3n) is 9.17. The van der Waals surface area contributed by atoms with E-state index in [-0.39, 0.29) is 5.82 Å². The van der Waals surface area contributed by atoms with Gasteiger partial charge in [0.2, 0.25) is 11.8 Å². The van der Waals surface area contributed by atoms with E-state index in [4.69, 9.17) is 43.5 Å². The molecule has 17 N–H and O–H groups in total. The number of ether oxygens (including phenoxy) is 4. The van der Waals surface area contributed by atoms with Crippen LogP contribution in [0, 0.1) is 0 Å². The topological polar surface area (TPSA) is 498 Å². The summed E-state index contributed by atoms with van der Waals surface area (Å²) in [4.78, 5) is 81.8. The summed E-state index contributed by atoms with van der Waals surface area (Å²) in [6, 6.07) is -0.784. The molecule has 3 aliphatic rings. The second-order valence-electron chi connectivity index (χ2n) is 13.6. The number of nitrogens with zero attached hydrogens (tertiary/aromatic N) is 2. The van der Waals surface area contributed by atoms with Crippen molar-refractivity contribution in [2.24, 2.45) is 0 Å². The number of aliphatic hydroxyl groups is 9. The van der Waals surface area contributed by atoms with Crippen LogP contribution in [-0.4, -0.2) is 211 Å². The number of anilines is 1. The molecule has 4 rings (SSSR count). The van der Waals surface area contributed by atoms with Gasteiger partial charge in [-0.05, 0) is 6.07 Å². The number of amides is 2. The molecule has 16 atom stereocenters. The number of aliphatic hydroxyl groups excluding tert-OH is 9. The van der Waals surface area contributed by atoms with E-state index in [1.54, 1.807) is 0 Å². The van der Waals surface area contributed by atoms with Gasteiger partial charge >= 0.3 is 27.3 Å². The molecular weight excluding hydrogens is 884 g/mol. The molecule has 348 valence electrons. The highest BCUT2D eigenvalue weighted by atomic mass is 31.2. The van der Waals surface area contributed by atoms with Crippen molar-refractivity contribution >= 4 is 39.2 Å². The number of nitrogen functional groups attached to an aromatic ring is 1. The van der Waals surface area contributed by atoms with Crippen LogP contribution in [0.3, 0.4) is 0 Å². The summed E-state index contributed by atoms with van der Waals surface area (Å²) >= 11 is 0. The molecule has 3 aliphatic heterocycles. The van der Waals surface area contributed by atoms with E-state index < -0.39 is 170 Å². The predicted molar refractivity (Wildman–Crippen MR) is 186 cm³/mol. The zero-order chi connectivity index (χ0) is 45.8. The Morgan fingerprint density at radius 2 is 1.57 bits per heavy atom. The van der Waals surface area contributed by atoms with Crippen LogP contribution in [0.15, 0.2) is 17.1 Å². The highest BCUT2D eigenvalue weighted by molar-refractivity contribution is 7.47. The number of carbonyl (C=O) groups excluding carboxylic acids is 2. The minimum absolute atomic E-state index is 0.189. The van der Waals surface area contributed by atoms with Crippen LogP contribution in [0.2, 0.25) is 0 Å². The fourth-order valence-corrected chi connectivity index (χ4v) is 7.37. The summed E-state index contributed by atoms with van der Waals surface area (Å²) in [6.45, 7) is -5.36. The molecule has 31 nitrogen and oxygen atoms in total. The summed E-state index contributed by atoms with van der Waals surface area (Å²) in [5.41, 5.74) is 4.42. The highest BCUT2D eigenvalue weighted by Crippen LogP contribution is 2.51. The first-order valence-electron chi connectivity index (χ1n) is 17.5. The lowest BCUT2D eigenvalue weighted by atomic mass is 9.88. The Balaban J connectivity index is 1.38. The van der Waals surface area contributed by atoms with Gasteiger partial charge < -0.3 is 101 Å². The average Bonchev–Trinajstić information content (AvgIpc) is 3.46. The van der Waals surface area contributed by atoms with Crippen molar-refractivity contribution in [3.05, 3.63) is 22.7 Å². The Labute approximate surface area is 340 Å². The Morgan fingerprint density at radius 3 is 2.18 bits per heavy atom. The van der Waals surface area contributed by atoms with Crippen molar-refractivity contribution in [3.8, 4) is 0 Å². The van der Waals surface area contributed by atoms with Crippen molar-refractivity contribution in [2.75, 3.05) is 38.7 Å². The Bertz CT molecular complexity index is 1860. The number of hydrogen-bond donors (Lipinski definition) is 16. The van der Waals surface area contributed by atoms with Gasteiger partial charge in [-0.15, -0.1) is 0 Å². The maximum absolute atomic E-state index is 13.1. The fourth-order valence-electron chi connectivity index (χ4n) is 6.07. The van der Waals surface area contributed by atoms with E-state index >= 15 is 0 Å². The average molecular weight is 930 g/mol. The Kier molecular flexibility index (Phi) is 17.0. The number of rotatable bonds is 19. The second kappa shape index (κ2) is 20.5. The second-order valence-corrected chi connectivity index (χ2v) is 16.2. The normalized spacial score (nSPS) is 35.1. The lowest BCUT2D eigenvalue weighted by molar-refractivity contribution is -0.298. The van der Waals surface area contributed by atoms with Crippen molar-refractivity contribution in [1.82, 2.24) is 20.2 Å². The number of phosphoric acid groups is 2. The van der Waals surface area contributed by atoms with Gasteiger partial charge in [-0.2, -0.15) is 4.98 Å². The first-order valence-corrected chi connectivity index (χ1v) is 20.5. The molecular formula is C28H45N5O26P2. The van der Waals surface area contributed by atoms with Gasteiger partial charge in [-0.25, -0.2) is 23.2 Å². The van der Waals surface area contributed by atoms with Crippen LogP contribution in [0.1, 0.15) is 12.6 Å². The number of hydrogen-bond acceptors (Lipinski definition) is 24. The monoisotopic (exact) mass is 929 g/mol. The summed E-state index contributed by atoms with van der Waals surface area (Å²) in [6.07, 6.45) is -25.9. The molecule has 11 unspecified atom stereocenters. The Morgan fingerprint density at radius 1 is 0.951 bits per heavy atom. The molecule has 0 aromatic carbocycles. The van der Waals surface area contributed by atoms with Gasteiger partial charge in [0.05, 0.1) is 38.5 Å². The SMILES string of the molecule is Nc1ccn(C2OC(COP(=O)(O)OC3(C(=O)O)CC(O)C(NC(=O)CNC(=O)CO[C@H]4OC(COP(=O)(O)O)[C@@H](O)[C@H](O)C4O)C([C@H](O)[C@H](O)CO)O3)C(O)C2O)c(=O)n1. The quantitative estimate of drug-likeness (QED) is 0.0573. The largest absolute Gasteiger partial charge is 0.477 e. The standard InChI is InChI=1S/C28H45N5O26P2/c29-13-1-2-33(27(47)31-13)24-21(43)19(41)11(56-24)7-55-61(51,52)59-28(26(45)46)3-9(35)16(23(58-28)17(39)10(36)5-34)32-14(37)4-30-15(38)8-53-25-22(44)20(42)18(40)12(57-25)6-54-60(48,49)50/h1-2,9-12,16-25,34-36,39-44H,3-8H2,(H,30,38)(H,32,37)(H,45,46)(H,51,52)(H2,29,31,47)(H2,48,49,50)/t9?,10-,11?,12?,16?,17-,18-,19?,20+,21?,22?,23?,24?,25+,28?/m1/s1. The van der Waals surface area contributed by atoms with Gasteiger partial charge in [0, 0.05) is 12.6 Å². The van der Waals surface area contributed by atoms with Crippen molar-refractivity contribution < 1.29 is 122 Å². The van der Waals surface area contributed by atoms with E-state index in [0.29, 0.717) is 0 Å². The Hall–Kier alpha value is -3.21. The molecule has 3 fully saturated rings. The van der Waals surface area contributed by atoms with Gasteiger partial charge in [0.15, 0.2) is 12.5 Å².